The van der Waals surface area contributed by atoms with Gasteiger partial charge in [-0.25, -0.2) is 0 Å². The van der Waals surface area contributed by atoms with Crippen LogP contribution in [0.5, 0.6) is 11.5 Å². The largest absolute Gasteiger partial charge is 0.486 e. The van der Waals surface area contributed by atoms with E-state index in [1.807, 2.05) is 6.07 Å². The van der Waals surface area contributed by atoms with Gasteiger partial charge in [0.05, 0.1) is 0 Å². The van der Waals surface area contributed by atoms with E-state index in [0.717, 1.165) is 29.3 Å². The molecule has 4 heteroatoms. The van der Waals surface area contributed by atoms with Crippen molar-refractivity contribution in [2.24, 2.45) is 0 Å². The number of nitrogen functional groups attached to an aromatic ring is 1. The van der Waals surface area contributed by atoms with Gasteiger partial charge in [-0.1, -0.05) is 6.92 Å². The molecule has 1 unspecified atom stereocenters. The number of ether oxygens (including phenoxy) is 2. The van der Waals surface area contributed by atoms with E-state index in [9.17, 15) is 0 Å². The Morgan fingerprint density at radius 1 is 1.26 bits per heavy atom. The molecule has 0 bridgehead atoms. The Hall–Kier alpha value is -1.42. The Labute approximate surface area is 114 Å². The summed E-state index contributed by atoms with van der Waals surface area (Å²) in [5, 5.41) is 0. The van der Waals surface area contributed by atoms with Gasteiger partial charge in [-0.15, -0.1) is 0 Å². The van der Waals surface area contributed by atoms with E-state index < -0.39 is 0 Å². The number of nitrogens with zero attached hydrogens (tertiary/aromatic N) is 1. The molecule has 0 aromatic heterocycles. The lowest BCUT2D eigenvalue weighted by Gasteiger charge is -2.25. The monoisotopic (exact) mass is 262 g/mol. The molecule has 3 rings (SSSR count). The molecule has 0 aliphatic carbocycles. The number of hydrogen-bond acceptors (Lipinski definition) is 4. The standard InChI is InChI=1S/C15H22N2O2/c1-2-12-4-3-5-17(12)10-11-8-14-15(9-13(11)16)19-7-6-18-14/h8-9,12H,2-7,10,16H2,1H3. The Kier molecular flexibility index (Phi) is 3.51. The van der Waals surface area contributed by atoms with Crippen LogP contribution in [0.3, 0.4) is 0 Å². The van der Waals surface area contributed by atoms with Crippen LogP contribution in [-0.4, -0.2) is 30.7 Å². The minimum atomic E-state index is 0.607. The maximum atomic E-state index is 6.15. The molecule has 1 aromatic rings. The van der Waals surface area contributed by atoms with Gasteiger partial charge in [-0.05, 0) is 37.4 Å². The smallest absolute Gasteiger partial charge is 0.163 e. The molecule has 0 saturated carbocycles. The van der Waals surface area contributed by atoms with E-state index in [1.165, 1.54) is 25.8 Å². The van der Waals surface area contributed by atoms with E-state index >= 15 is 0 Å². The predicted octanol–water partition coefficient (Wildman–Crippen LogP) is 2.41. The number of hydrogen-bond donors (Lipinski definition) is 1. The van der Waals surface area contributed by atoms with Crippen LogP contribution >= 0.6 is 0 Å². The van der Waals surface area contributed by atoms with Crippen LogP contribution in [0.15, 0.2) is 12.1 Å². The first-order valence-corrected chi connectivity index (χ1v) is 7.20. The van der Waals surface area contributed by atoms with Crippen LogP contribution < -0.4 is 15.2 Å². The van der Waals surface area contributed by atoms with Crippen molar-refractivity contribution in [3.63, 3.8) is 0 Å². The molecule has 1 aromatic carbocycles. The maximum Gasteiger partial charge on any atom is 0.163 e. The fourth-order valence-corrected chi connectivity index (χ4v) is 3.07. The van der Waals surface area contributed by atoms with Crippen molar-refractivity contribution in [1.82, 2.24) is 4.90 Å². The van der Waals surface area contributed by atoms with E-state index in [-0.39, 0.29) is 0 Å². The number of rotatable bonds is 3. The van der Waals surface area contributed by atoms with E-state index in [4.69, 9.17) is 15.2 Å². The lowest BCUT2D eigenvalue weighted by Crippen LogP contribution is -2.28. The van der Waals surface area contributed by atoms with Gasteiger partial charge in [0.1, 0.15) is 13.2 Å². The highest BCUT2D eigenvalue weighted by Gasteiger charge is 2.24. The molecule has 0 amide bonds. The Morgan fingerprint density at radius 3 is 2.74 bits per heavy atom. The third-order valence-electron chi connectivity index (χ3n) is 4.15. The summed E-state index contributed by atoms with van der Waals surface area (Å²) in [4.78, 5) is 2.53. The molecule has 1 fully saturated rings. The van der Waals surface area contributed by atoms with E-state index in [1.54, 1.807) is 0 Å². The van der Waals surface area contributed by atoms with Gasteiger partial charge in [0.15, 0.2) is 11.5 Å². The second-order valence-corrected chi connectivity index (χ2v) is 5.37. The summed E-state index contributed by atoms with van der Waals surface area (Å²) in [6.07, 6.45) is 3.81. The summed E-state index contributed by atoms with van der Waals surface area (Å²) >= 11 is 0. The summed E-state index contributed by atoms with van der Waals surface area (Å²) in [5.41, 5.74) is 8.12. The minimum absolute atomic E-state index is 0.607. The fraction of sp³-hybridized carbons (Fsp3) is 0.600. The zero-order valence-electron chi connectivity index (χ0n) is 11.5. The van der Waals surface area contributed by atoms with Crippen molar-refractivity contribution in [3.05, 3.63) is 17.7 Å². The molecule has 0 radical (unpaired) electrons. The van der Waals surface area contributed by atoms with Crippen LogP contribution in [-0.2, 0) is 6.54 Å². The molecule has 2 aliphatic rings. The van der Waals surface area contributed by atoms with Crippen LogP contribution in [0, 0.1) is 0 Å². The first-order chi connectivity index (χ1) is 9.28. The fourth-order valence-electron chi connectivity index (χ4n) is 3.07. The van der Waals surface area contributed by atoms with Gasteiger partial charge < -0.3 is 15.2 Å². The molecular formula is C15H22N2O2. The van der Waals surface area contributed by atoms with Crippen molar-refractivity contribution < 1.29 is 9.47 Å². The van der Waals surface area contributed by atoms with E-state index in [0.29, 0.717) is 19.3 Å². The Bertz CT molecular complexity index is 462. The molecular weight excluding hydrogens is 240 g/mol. The molecule has 1 saturated heterocycles. The number of fused-ring (bicyclic) bond motifs is 1. The lowest BCUT2D eigenvalue weighted by molar-refractivity contribution is 0.171. The lowest BCUT2D eigenvalue weighted by atomic mass is 10.1. The second kappa shape index (κ2) is 5.29. The molecule has 2 heterocycles. The van der Waals surface area contributed by atoms with Gasteiger partial charge in [-0.2, -0.15) is 0 Å². The van der Waals surface area contributed by atoms with Crippen molar-refractivity contribution >= 4 is 5.69 Å². The van der Waals surface area contributed by atoms with E-state index in [2.05, 4.69) is 17.9 Å². The molecule has 2 N–H and O–H groups in total. The zero-order chi connectivity index (χ0) is 13.2. The van der Waals surface area contributed by atoms with Crippen molar-refractivity contribution in [1.29, 1.82) is 0 Å². The Morgan fingerprint density at radius 2 is 2.00 bits per heavy atom. The molecule has 19 heavy (non-hydrogen) atoms. The molecule has 2 aliphatic heterocycles. The summed E-state index contributed by atoms with van der Waals surface area (Å²) in [7, 11) is 0. The molecule has 0 spiro atoms. The summed E-state index contributed by atoms with van der Waals surface area (Å²) in [6, 6.07) is 4.66. The summed E-state index contributed by atoms with van der Waals surface area (Å²) < 4.78 is 11.2. The quantitative estimate of drug-likeness (QED) is 0.850. The van der Waals surface area contributed by atoms with Gasteiger partial charge in [0.25, 0.3) is 0 Å². The van der Waals surface area contributed by atoms with Gasteiger partial charge in [0.2, 0.25) is 0 Å². The zero-order valence-corrected chi connectivity index (χ0v) is 11.5. The van der Waals surface area contributed by atoms with Crippen molar-refractivity contribution in [2.45, 2.75) is 38.8 Å². The Balaban J connectivity index is 1.80. The highest BCUT2D eigenvalue weighted by molar-refractivity contribution is 5.58. The first-order valence-electron chi connectivity index (χ1n) is 7.20. The average molecular weight is 262 g/mol. The SMILES string of the molecule is CCC1CCCN1Cc1cc2c(cc1N)OCCO2. The van der Waals surface area contributed by atoms with Gasteiger partial charge in [-0.3, -0.25) is 4.90 Å². The van der Waals surface area contributed by atoms with Crippen LogP contribution in [0.4, 0.5) is 5.69 Å². The van der Waals surface area contributed by atoms with Crippen molar-refractivity contribution in [2.75, 3.05) is 25.5 Å². The molecule has 104 valence electrons. The van der Waals surface area contributed by atoms with Gasteiger partial charge in [0, 0.05) is 24.3 Å². The second-order valence-electron chi connectivity index (χ2n) is 5.37. The highest BCUT2D eigenvalue weighted by Crippen LogP contribution is 2.35. The minimum Gasteiger partial charge on any atom is -0.486 e. The average Bonchev–Trinajstić information content (AvgIpc) is 2.87. The molecule has 1 atom stereocenters. The number of anilines is 1. The summed E-state index contributed by atoms with van der Waals surface area (Å²) in [6.45, 7) is 5.58. The molecule has 4 nitrogen and oxygen atoms in total. The van der Waals surface area contributed by atoms with Gasteiger partial charge >= 0.3 is 0 Å². The first kappa shape index (κ1) is 12.6. The third kappa shape index (κ3) is 2.50. The normalized spacial score (nSPS) is 22.7. The van der Waals surface area contributed by atoms with Crippen LogP contribution in [0.1, 0.15) is 31.7 Å². The highest BCUT2D eigenvalue weighted by atomic mass is 16.6. The maximum absolute atomic E-state index is 6.15. The number of benzene rings is 1. The number of nitrogens with two attached hydrogens (primary N) is 1. The topological polar surface area (TPSA) is 47.7 Å². The predicted molar refractivity (Wildman–Crippen MR) is 75.6 cm³/mol. The summed E-state index contributed by atoms with van der Waals surface area (Å²) in [5.74, 6) is 1.61. The van der Waals surface area contributed by atoms with Crippen LogP contribution in [0.25, 0.3) is 0 Å². The number of likely N-dealkylation sites (tertiary alicyclic amines) is 1. The third-order valence-corrected chi connectivity index (χ3v) is 4.15. The van der Waals surface area contributed by atoms with Crippen molar-refractivity contribution in [3.8, 4) is 11.5 Å². The van der Waals surface area contributed by atoms with Crippen LogP contribution in [0.2, 0.25) is 0 Å².